The molecule has 2 aliphatic rings. The lowest BCUT2D eigenvalue weighted by Gasteiger charge is -2.30. The molecule has 2 rings (SSSR count). The van der Waals surface area contributed by atoms with E-state index in [1.807, 2.05) is 0 Å². The second-order valence-electron chi connectivity index (χ2n) is 4.19. The lowest BCUT2D eigenvalue weighted by atomic mass is 9.96. The van der Waals surface area contributed by atoms with Gasteiger partial charge in [-0.3, -0.25) is 4.99 Å². The summed E-state index contributed by atoms with van der Waals surface area (Å²) in [5, 5.41) is 3.54. The molecule has 2 heterocycles. The number of hydrogen-bond donors (Lipinski definition) is 1. The van der Waals surface area contributed by atoms with Gasteiger partial charge in [0.05, 0.1) is 18.7 Å². The average Bonchev–Trinajstić information content (AvgIpc) is 2.79. The topological polar surface area (TPSA) is 36.9 Å². The molecule has 1 fully saturated rings. The van der Waals surface area contributed by atoms with Crippen LogP contribution in [-0.4, -0.2) is 49.7 Å². The van der Waals surface area contributed by atoms with E-state index in [9.17, 15) is 0 Å². The van der Waals surface area contributed by atoms with Gasteiger partial charge in [-0.2, -0.15) is 0 Å². The van der Waals surface area contributed by atoms with Crippen molar-refractivity contribution in [3.63, 3.8) is 0 Å². The van der Waals surface area contributed by atoms with Gasteiger partial charge in [0.1, 0.15) is 0 Å². The van der Waals surface area contributed by atoms with Crippen LogP contribution >= 0.6 is 0 Å². The molecule has 0 amide bonds. The molecule has 0 saturated carbocycles. The van der Waals surface area contributed by atoms with Crippen LogP contribution < -0.4 is 5.32 Å². The SMILES string of the molecule is CCC1(NC2=NCCN2C)CCOC1. The first-order chi connectivity index (χ1) is 6.76. The van der Waals surface area contributed by atoms with Gasteiger partial charge < -0.3 is 15.0 Å². The maximum atomic E-state index is 5.46. The van der Waals surface area contributed by atoms with E-state index in [0.717, 1.165) is 45.1 Å². The molecule has 2 aliphatic heterocycles. The summed E-state index contributed by atoms with van der Waals surface area (Å²) in [7, 11) is 2.08. The van der Waals surface area contributed by atoms with Crippen LogP contribution in [0.15, 0.2) is 4.99 Å². The zero-order chi connectivity index (χ0) is 10.0. The maximum absolute atomic E-state index is 5.46. The van der Waals surface area contributed by atoms with Gasteiger partial charge in [0.2, 0.25) is 0 Å². The zero-order valence-electron chi connectivity index (χ0n) is 9.05. The average molecular weight is 197 g/mol. The third-order valence-corrected chi connectivity index (χ3v) is 3.22. The molecule has 0 aromatic carbocycles. The van der Waals surface area contributed by atoms with E-state index in [2.05, 4.69) is 29.2 Å². The smallest absolute Gasteiger partial charge is 0.194 e. The fourth-order valence-corrected chi connectivity index (χ4v) is 1.98. The van der Waals surface area contributed by atoms with Gasteiger partial charge in [-0.05, 0) is 12.8 Å². The molecule has 14 heavy (non-hydrogen) atoms. The summed E-state index contributed by atoms with van der Waals surface area (Å²) in [5.41, 5.74) is 0.136. The molecule has 0 aromatic rings. The Hall–Kier alpha value is -0.770. The van der Waals surface area contributed by atoms with E-state index in [0.29, 0.717) is 0 Å². The quantitative estimate of drug-likeness (QED) is 0.698. The van der Waals surface area contributed by atoms with E-state index in [1.165, 1.54) is 0 Å². The van der Waals surface area contributed by atoms with Crippen molar-refractivity contribution >= 4 is 5.96 Å². The number of nitrogens with zero attached hydrogens (tertiary/aromatic N) is 2. The van der Waals surface area contributed by atoms with Gasteiger partial charge in [-0.25, -0.2) is 0 Å². The van der Waals surface area contributed by atoms with Crippen molar-refractivity contribution < 1.29 is 4.74 Å². The van der Waals surface area contributed by atoms with Crippen molar-refractivity contribution in [2.45, 2.75) is 25.3 Å². The fourth-order valence-electron chi connectivity index (χ4n) is 1.98. The molecule has 0 spiro atoms. The summed E-state index contributed by atoms with van der Waals surface area (Å²) in [5.74, 6) is 1.04. The third-order valence-electron chi connectivity index (χ3n) is 3.22. The van der Waals surface area contributed by atoms with Crippen LogP contribution in [-0.2, 0) is 4.74 Å². The summed E-state index contributed by atoms with van der Waals surface area (Å²) < 4.78 is 5.46. The molecule has 0 radical (unpaired) electrons. The highest BCUT2D eigenvalue weighted by atomic mass is 16.5. The van der Waals surface area contributed by atoms with Crippen LogP contribution in [0.3, 0.4) is 0 Å². The molecule has 0 aromatic heterocycles. The normalized spacial score (nSPS) is 32.1. The van der Waals surface area contributed by atoms with Gasteiger partial charge in [0.15, 0.2) is 5.96 Å². The minimum atomic E-state index is 0.136. The van der Waals surface area contributed by atoms with Crippen LogP contribution in [0.25, 0.3) is 0 Å². The van der Waals surface area contributed by atoms with Crippen LogP contribution in [0.1, 0.15) is 19.8 Å². The summed E-state index contributed by atoms with van der Waals surface area (Å²) >= 11 is 0. The molecule has 4 heteroatoms. The molecule has 1 N–H and O–H groups in total. The first-order valence-electron chi connectivity index (χ1n) is 5.37. The fraction of sp³-hybridized carbons (Fsp3) is 0.900. The van der Waals surface area contributed by atoms with Gasteiger partial charge in [0.25, 0.3) is 0 Å². The van der Waals surface area contributed by atoms with E-state index < -0.39 is 0 Å². The number of hydrogen-bond acceptors (Lipinski definition) is 4. The Balaban J connectivity index is 2.00. The third kappa shape index (κ3) is 1.71. The first kappa shape index (κ1) is 9.77. The Bertz CT molecular complexity index is 234. The van der Waals surface area contributed by atoms with Gasteiger partial charge >= 0.3 is 0 Å². The van der Waals surface area contributed by atoms with Crippen LogP contribution in [0.5, 0.6) is 0 Å². The Labute approximate surface area is 85.3 Å². The van der Waals surface area contributed by atoms with Gasteiger partial charge in [-0.15, -0.1) is 0 Å². The number of ether oxygens (including phenoxy) is 1. The van der Waals surface area contributed by atoms with Crippen molar-refractivity contribution in [3.05, 3.63) is 0 Å². The summed E-state index contributed by atoms with van der Waals surface area (Å²) in [6.07, 6.45) is 2.19. The Morgan fingerprint density at radius 2 is 2.50 bits per heavy atom. The lowest BCUT2D eigenvalue weighted by Crippen LogP contribution is -2.52. The highest BCUT2D eigenvalue weighted by molar-refractivity contribution is 5.82. The van der Waals surface area contributed by atoms with Gasteiger partial charge in [0, 0.05) is 20.2 Å². The Morgan fingerprint density at radius 3 is 3.00 bits per heavy atom. The molecule has 0 aliphatic carbocycles. The van der Waals surface area contributed by atoms with Crippen LogP contribution in [0.2, 0.25) is 0 Å². The van der Waals surface area contributed by atoms with E-state index in [1.54, 1.807) is 0 Å². The number of nitrogens with one attached hydrogen (secondary N) is 1. The number of guanidine groups is 1. The van der Waals surface area contributed by atoms with Crippen molar-refractivity contribution in [2.24, 2.45) is 4.99 Å². The Morgan fingerprint density at radius 1 is 1.64 bits per heavy atom. The zero-order valence-corrected chi connectivity index (χ0v) is 9.05. The molecule has 4 nitrogen and oxygen atoms in total. The number of rotatable bonds is 2. The molecular weight excluding hydrogens is 178 g/mol. The highest BCUT2D eigenvalue weighted by Gasteiger charge is 2.35. The maximum Gasteiger partial charge on any atom is 0.194 e. The van der Waals surface area contributed by atoms with Crippen molar-refractivity contribution in [3.8, 4) is 0 Å². The minimum Gasteiger partial charge on any atom is -0.379 e. The van der Waals surface area contributed by atoms with E-state index in [-0.39, 0.29) is 5.54 Å². The van der Waals surface area contributed by atoms with Crippen LogP contribution in [0, 0.1) is 0 Å². The molecule has 0 bridgehead atoms. The summed E-state index contributed by atoms with van der Waals surface area (Å²) in [6, 6.07) is 0. The summed E-state index contributed by atoms with van der Waals surface area (Å²) in [6.45, 7) is 5.84. The van der Waals surface area contributed by atoms with Crippen molar-refractivity contribution in [1.29, 1.82) is 0 Å². The minimum absolute atomic E-state index is 0.136. The first-order valence-corrected chi connectivity index (χ1v) is 5.37. The predicted octanol–water partition coefficient (Wildman–Crippen LogP) is 0.446. The lowest BCUT2D eigenvalue weighted by molar-refractivity contribution is 0.170. The van der Waals surface area contributed by atoms with E-state index in [4.69, 9.17) is 4.74 Å². The second kappa shape index (κ2) is 3.77. The number of aliphatic imine (C=N–C) groups is 1. The van der Waals surface area contributed by atoms with Crippen LogP contribution in [0.4, 0.5) is 0 Å². The molecule has 1 atom stereocenters. The summed E-state index contributed by atoms with van der Waals surface area (Å²) in [4.78, 5) is 6.63. The van der Waals surface area contributed by atoms with Gasteiger partial charge in [-0.1, -0.05) is 6.92 Å². The highest BCUT2D eigenvalue weighted by Crippen LogP contribution is 2.22. The van der Waals surface area contributed by atoms with Crippen molar-refractivity contribution in [1.82, 2.24) is 10.2 Å². The van der Waals surface area contributed by atoms with Crippen molar-refractivity contribution in [2.75, 3.05) is 33.4 Å². The molecule has 80 valence electrons. The Kier molecular flexibility index (Phi) is 2.63. The van der Waals surface area contributed by atoms with E-state index >= 15 is 0 Å². The predicted molar refractivity (Wildman–Crippen MR) is 56.5 cm³/mol. The monoisotopic (exact) mass is 197 g/mol. The largest absolute Gasteiger partial charge is 0.379 e. The molecular formula is C10H19N3O. The number of likely N-dealkylation sites (N-methyl/N-ethyl adjacent to an activating group) is 1. The second-order valence-corrected chi connectivity index (χ2v) is 4.19. The molecule has 1 unspecified atom stereocenters. The molecule has 1 saturated heterocycles. The standard InChI is InChI=1S/C10H19N3O/c1-3-10(4-7-14-8-10)12-9-11-5-6-13(9)2/h3-8H2,1-2H3,(H,11,12).